The molecule has 2 unspecified atom stereocenters. The number of ether oxygens (including phenoxy) is 1. The SMILES string of the molecule is COC(=O)C(C)CS(=O)Cc1cn2ccccc2n1. The van der Waals surface area contributed by atoms with E-state index in [0.29, 0.717) is 11.5 Å². The van der Waals surface area contributed by atoms with E-state index in [1.165, 1.54) is 7.11 Å². The van der Waals surface area contributed by atoms with Crippen molar-refractivity contribution in [3.63, 3.8) is 0 Å². The van der Waals surface area contributed by atoms with Crippen LogP contribution in [0.3, 0.4) is 0 Å². The minimum Gasteiger partial charge on any atom is -0.469 e. The van der Waals surface area contributed by atoms with Crippen LogP contribution in [-0.2, 0) is 26.1 Å². The molecule has 2 rings (SSSR count). The van der Waals surface area contributed by atoms with Gasteiger partial charge in [-0.1, -0.05) is 13.0 Å². The number of pyridine rings is 1. The van der Waals surface area contributed by atoms with Crippen LogP contribution in [0.15, 0.2) is 30.6 Å². The topological polar surface area (TPSA) is 60.7 Å². The molecule has 0 N–H and O–H groups in total. The van der Waals surface area contributed by atoms with Crippen molar-refractivity contribution in [3.05, 3.63) is 36.3 Å². The number of carbonyl (C=O) groups excluding carboxylic acids is 1. The van der Waals surface area contributed by atoms with E-state index >= 15 is 0 Å². The Labute approximate surface area is 114 Å². The van der Waals surface area contributed by atoms with Gasteiger partial charge in [-0.25, -0.2) is 4.98 Å². The standard InChI is InChI=1S/C13H16N2O3S/c1-10(13(16)18-2)8-19(17)9-11-7-15-6-4-3-5-12(15)14-11/h3-7,10H,8-9H2,1-2H3. The zero-order valence-electron chi connectivity index (χ0n) is 10.9. The summed E-state index contributed by atoms with van der Waals surface area (Å²) < 4.78 is 18.5. The normalized spacial score (nSPS) is 14.2. The number of imidazole rings is 1. The van der Waals surface area contributed by atoms with Crippen LogP contribution in [0, 0.1) is 5.92 Å². The Balaban J connectivity index is 2.00. The fraction of sp³-hybridized carbons (Fsp3) is 0.385. The van der Waals surface area contributed by atoms with E-state index in [0.717, 1.165) is 11.3 Å². The van der Waals surface area contributed by atoms with Crippen molar-refractivity contribution in [3.8, 4) is 0 Å². The Morgan fingerprint density at radius 3 is 3.00 bits per heavy atom. The van der Waals surface area contributed by atoms with Gasteiger partial charge in [0.15, 0.2) is 0 Å². The van der Waals surface area contributed by atoms with Gasteiger partial charge in [-0.2, -0.15) is 0 Å². The highest BCUT2D eigenvalue weighted by atomic mass is 32.2. The fourth-order valence-corrected chi connectivity index (χ4v) is 3.11. The second-order valence-electron chi connectivity index (χ2n) is 4.37. The molecule has 0 aromatic carbocycles. The molecule has 0 aliphatic carbocycles. The molecule has 0 fully saturated rings. The maximum Gasteiger partial charge on any atom is 0.309 e. The van der Waals surface area contributed by atoms with Crippen molar-refractivity contribution < 1.29 is 13.7 Å². The first-order valence-electron chi connectivity index (χ1n) is 5.95. The largest absolute Gasteiger partial charge is 0.469 e. The number of carbonyl (C=O) groups is 1. The first-order chi connectivity index (χ1) is 9.10. The minimum absolute atomic E-state index is 0.292. The summed E-state index contributed by atoms with van der Waals surface area (Å²) in [5.41, 5.74) is 1.59. The first-order valence-corrected chi connectivity index (χ1v) is 7.44. The molecule has 0 aliphatic rings. The van der Waals surface area contributed by atoms with Crippen molar-refractivity contribution in [2.75, 3.05) is 12.9 Å². The van der Waals surface area contributed by atoms with E-state index in [1.807, 2.05) is 35.0 Å². The number of fused-ring (bicyclic) bond motifs is 1. The molecule has 0 saturated heterocycles. The number of rotatable bonds is 5. The summed E-state index contributed by atoms with van der Waals surface area (Å²) in [6, 6.07) is 5.71. The molecule has 0 bridgehead atoms. The Morgan fingerprint density at radius 2 is 2.32 bits per heavy atom. The Hall–Kier alpha value is -1.69. The summed E-state index contributed by atoms with van der Waals surface area (Å²) >= 11 is 0. The summed E-state index contributed by atoms with van der Waals surface area (Å²) in [7, 11) is 0.211. The summed E-state index contributed by atoms with van der Waals surface area (Å²) in [6.45, 7) is 1.72. The summed E-state index contributed by atoms with van der Waals surface area (Å²) in [6.07, 6.45) is 3.75. The highest BCUT2D eigenvalue weighted by molar-refractivity contribution is 7.84. The predicted molar refractivity (Wildman–Crippen MR) is 73.1 cm³/mol. The van der Waals surface area contributed by atoms with Crippen LogP contribution in [0.1, 0.15) is 12.6 Å². The number of nitrogens with zero attached hydrogens (tertiary/aromatic N) is 2. The maximum absolute atomic E-state index is 12.0. The third-order valence-corrected chi connectivity index (χ3v) is 4.25. The lowest BCUT2D eigenvalue weighted by molar-refractivity contribution is -0.144. The smallest absolute Gasteiger partial charge is 0.309 e. The van der Waals surface area contributed by atoms with Gasteiger partial charge in [0, 0.05) is 28.9 Å². The van der Waals surface area contributed by atoms with E-state index in [1.54, 1.807) is 6.92 Å². The Kier molecular flexibility index (Phi) is 4.31. The van der Waals surface area contributed by atoms with E-state index in [9.17, 15) is 9.00 Å². The second-order valence-corrected chi connectivity index (χ2v) is 5.88. The van der Waals surface area contributed by atoms with Gasteiger partial charge >= 0.3 is 5.97 Å². The lowest BCUT2D eigenvalue weighted by Gasteiger charge is -2.07. The molecule has 2 heterocycles. The Bertz CT molecular complexity index is 576. The molecule has 0 radical (unpaired) electrons. The molecular weight excluding hydrogens is 264 g/mol. The summed E-state index contributed by atoms with van der Waals surface area (Å²) in [5.74, 6) is -0.0463. The van der Waals surface area contributed by atoms with E-state index in [4.69, 9.17) is 0 Å². The molecule has 6 heteroatoms. The number of methoxy groups -OCH3 is 1. The third kappa shape index (κ3) is 3.41. The van der Waals surface area contributed by atoms with Crippen molar-refractivity contribution >= 4 is 22.4 Å². The van der Waals surface area contributed by atoms with Crippen molar-refractivity contribution in [2.45, 2.75) is 12.7 Å². The number of esters is 1. The molecule has 2 aromatic rings. The van der Waals surface area contributed by atoms with Crippen molar-refractivity contribution in [1.82, 2.24) is 9.38 Å². The van der Waals surface area contributed by atoms with Crippen molar-refractivity contribution in [2.24, 2.45) is 5.92 Å². The van der Waals surface area contributed by atoms with Crippen LogP contribution >= 0.6 is 0 Å². The molecular formula is C13H16N2O3S. The van der Waals surface area contributed by atoms with Crippen LogP contribution in [0.2, 0.25) is 0 Å². The first kappa shape index (κ1) is 13.7. The van der Waals surface area contributed by atoms with Crippen molar-refractivity contribution in [1.29, 1.82) is 0 Å². The molecule has 0 saturated carbocycles. The number of hydrogen-bond acceptors (Lipinski definition) is 4. The molecule has 19 heavy (non-hydrogen) atoms. The lowest BCUT2D eigenvalue weighted by Crippen LogP contribution is -2.20. The molecule has 0 amide bonds. The van der Waals surface area contributed by atoms with Gasteiger partial charge < -0.3 is 9.14 Å². The number of hydrogen-bond donors (Lipinski definition) is 0. The van der Waals surface area contributed by atoms with Gasteiger partial charge in [0.25, 0.3) is 0 Å². The van der Waals surface area contributed by atoms with Crippen LogP contribution < -0.4 is 0 Å². The summed E-state index contributed by atoms with van der Waals surface area (Å²) in [5, 5.41) is 0. The highest BCUT2D eigenvalue weighted by Gasteiger charge is 2.17. The minimum atomic E-state index is -1.13. The molecule has 0 spiro atoms. The fourth-order valence-electron chi connectivity index (χ4n) is 1.83. The van der Waals surface area contributed by atoms with E-state index in [2.05, 4.69) is 9.72 Å². The van der Waals surface area contributed by atoms with Gasteiger partial charge in [0.05, 0.1) is 24.5 Å². The molecule has 5 nitrogen and oxygen atoms in total. The predicted octanol–water partition coefficient (Wildman–Crippen LogP) is 1.39. The van der Waals surface area contributed by atoms with Gasteiger partial charge in [-0.15, -0.1) is 0 Å². The van der Waals surface area contributed by atoms with Gasteiger partial charge in [-0.05, 0) is 12.1 Å². The monoisotopic (exact) mass is 280 g/mol. The van der Waals surface area contributed by atoms with Crippen LogP contribution in [0.5, 0.6) is 0 Å². The van der Waals surface area contributed by atoms with E-state index in [-0.39, 0.29) is 11.9 Å². The Morgan fingerprint density at radius 1 is 1.53 bits per heavy atom. The number of aromatic nitrogens is 2. The average molecular weight is 280 g/mol. The highest BCUT2D eigenvalue weighted by Crippen LogP contribution is 2.09. The van der Waals surface area contributed by atoms with Crippen LogP contribution in [0.4, 0.5) is 0 Å². The average Bonchev–Trinajstić information content (AvgIpc) is 2.79. The van der Waals surface area contributed by atoms with Gasteiger partial charge in [-0.3, -0.25) is 9.00 Å². The second kappa shape index (κ2) is 5.97. The van der Waals surface area contributed by atoms with E-state index < -0.39 is 10.8 Å². The lowest BCUT2D eigenvalue weighted by atomic mass is 10.2. The quantitative estimate of drug-likeness (QED) is 0.777. The summed E-state index contributed by atoms with van der Waals surface area (Å²) in [4.78, 5) is 15.6. The van der Waals surface area contributed by atoms with Crippen LogP contribution in [0.25, 0.3) is 5.65 Å². The molecule has 0 aliphatic heterocycles. The molecule has 102 valence electrons. The molecule has 2 atom stereocenters. The van der Waals surface area contributed by atoms with Gasteiger partial charge in [0.2, 0.25) is 0 Å². The third-order valence-electron chi connectivity index (χ3n) is 2.76. The van der Waals surface area contributed by atoms with Crippen LogP contribution in [-0.4, -0.2) is 32.4 Å². The molecule has 2 aromatic heterocycles. The van der Waals surface area contributed by atoms with Gasteiger partial charge in [0.1, 0.15) is 5.65 Å². The zero-order valence-corrected chi connectivity index (χ0v) is 11.7. The maximum atomic E-state index is 12.0. The zero-order chi connectivity index (χ0) is 13.8.